The quantitative estimate of drug-likeness (QED) is 0.399. The molecule has 0 nitrogen and oxygen atoms in total. The number of rotatable bonds is 8. The second kappa shape index (κ2) is 11.3. The third-order valence-electron chi connectivity index (χ3n) is 8.38. The van der Waals surface area contributed by atoms with Crippen molar-refractivity contribution in [1.82, 2.24) is 0 Å². The van der Waals surface area contributed by atoms with E-state index < -0.39 is 0 Å². The highest BCUT2D eigenvalue weighted by atomic mass is 19.1. The fourth-order valence-corrected chi connectivity index (χ4v) is 6.33. The lowest BCUT2D eigenvalue weighted by molar-refractivity contribution is 0.141. The van der Waals surface area contributed by atoms with Gasteiger partial charge in [0.2, 0.25) is 0 Å². The van der Waals surface area contributed by atoms with Crippen molar-refractivity contribution < 1.29 is 4.39 Å². The van der Waals surface area contributed by atoms with Gasteiger partial charge in [0.1, 0.15) is 6.67 Å². The number of aryl methyl sites for hydroxylation is 1. The Morgan fingerprint density at radius 2 is 1.06 bits per heavy atom. The molecule has 2 fully saturated rings. The van der Waals surface area contributed by atoms with Crippen molar-refractivity contribution in [3.8, 4) is 11.1 Å². The fourth-order valence-electron chi connectivity index (χ4n) is 6.33. The van der Waals surface area contributed by atoms with Crippen molar-refractivity contribution in [2.24, 2.45) is 23.7 Å². The summed E-state index contributed by atoms with van der Waals surface area (Å²) in [7, 11) is 0. The van der Waals surface area contributed by atoms with Crippen LogP contribution in [-0.2, 0) is 13.1 Å². The van der Waals surface area contributed by atoms with E-state index in [0.717, 1.165) is 29.2 Å². The van der Waals surface area contributed by atoms with Crippen molar-refractivity contribution in [2.75, 3.05) is 0 Å². The average molecular weight is 421 g/mol. The Morgan fingerprint density at radius 1 is 0.613 bits per heavy atom. The smallest absolute Gasteiger partial charge is 0.115 e. The molecule has 0 N–H and O–H groups in total. The van der Waals surface area contributed by atoms with E-state index in [2.05, 4.69) is 31.2 Å². The summed E-state index contributed by atoms with van der Waals surface area (Å²) in [5, 5.41) is 0. The molecule has 0 aromatic heterocycles. The van der Waals surface area contributed by atoms with Crippen LogP contribution in [0.25, 0.3) is 11.1 Å². The molecule has 0 amide bonds. The molecule has 2 saturated carbocycles. The number of halogens is 1. The number of alkyl halides is 1. The normalized spacial score (nSPS) is 26.6. The van der Waals surface area contributed by atoms with Crippen molar-refractivity contribution in [3.63, 3.8) is 0 Å². The summed E-state index contributed by atoms with van der Waals surface area (Å²) in [5.41, 5.74) is 4.61. The van der Waals surface area contributed by atoms with Gasteiger partial charge in [-0.25, -0.2) is 4.39 Å². The first-order chi connectivity index (χ1) is 15.2. The second-order valence-corrected chi connectivity index (χ2v) is 10.4. The van der Waals surface area contributed by atoms with Gasteiger partial charge in [-0.05, 0) is 84.5 Å². The Kier molecular flexibility index (Phi) is 8.22. The minimum absolute atomic E-state index is 0.388. The highest BCUT2D eigenvalue weighted by Gasteiger charge is 2.30. The predicted octanol–water partition coefficient (Wildman–Crippen LogP) is 9.17. The summed E-state index contributed by atoms with van der Waals surface area (Å²) in [6, 6.07) is 16.9. The zero-order valence-electron chi connectivity index (χ0n) is 19.5. The predicted molar refractivity (Wildman–Crippen MR) is 131 cm³/mol. The second-order valence-electron chi connectivity index (χ2n) is 10.4. The standard InChI is InChI=1S/C30H41F/c1-2-3-23-6-14-27(15-7-23)28-16-8-24(9-17-28)4-5-25-10-18-29(19-11-25)30-20-12-26(22-31)13-21-30/h10-13,18-21,23-24,27-28H,2-9,14-17,22H2,1H3/t23-,24-,27-,28-. The Hall–Kier alpha value is -1.63. The topological polar surface area (TPSA) is 0 Å². The highest BCUT2D eigenvalue weighted by molar-refractivity contribution is 5.63. The summed E-state index contributed by atoms with van der Waals surface area (Å²) in [6.07, 6.45) is 17.3. The molecule has 0 atom stereocenters. The van der Waals surface area contributed by atoms with Crippen LogP contribution < -0.4 is 0 Å². The summed E-state index contributed by atoms with van der Waals surface area (Å²) >= 11 is 0. The molecule has 0 radical (unpaired) electrons. The van der Waals surface area contributed by atoms with Gasteiger partial charge in [0.05, 0.1) is 0 Å². The molecule has 0 heterocycles. The zero-order valence-corrected chi connectivity index (χ0v) is 19.5. The molecule has 2 aliphatic carbocycles. The molecule has 0 bridgehead atoms. The lowest BCUT2D eigenvalue weighted by Crippen LogP contribution is -2.26. The summed E-state index contributed by atoms with van der Waals surface area (Å²) in [6.45, 7) is 1.95. The van der Waals surface area contributed by atoms with Crippen LogP contribution >= 0.6 is 0 Å². The van der Waals surface area contributed by atoms with Gasteiger partial charge in [0.15, 0.2) is 0 Å². The van der Waals surface area contributed by atoms with Crippen LogP contribution in [0.15, 0.2) is 48.5 Å². The van der Waals surface area contributed by atoms with Crippen LogP contribution in [0.5, 0.6) is 0 Å². The van der Waals surface area contributed by atoms with Gasteiger partial charge in [0.25, 0.3) is 0 Å². The van der Waals surface area contributed by atoms with Crippen LogP contribution in [0.1, 0.15) is 88.7 Å². The Labute approximate surface area is 189 Å². The summed E-state index contributed by atoms with van der Waals surface area (Å²) in [4.78, 5) is 0. The van der Waals surface area contributed by atoms with Gasteiger partial charge >= 0.3 is 0 Å². The molecular formula is C30H41F. The van der Waals surface area contributed by atoms with E-state index in [9.17, 15) is 4.39 Å². The first-order valence-corrected chi connectivity index (χ1v) is 13.0. The number of benzene rings is 2. The van der Waals surface area contributed by atoms with E-state index >= 15 is 0 Å². The van der Waals surface area contributed by atoms with Crippen LogP contribution in [-0.4, -0.2) is 0 Å². The minimum atomic E-state index is -0.388. The van der Waals surface area contributed by atoms with Crippen LogP contribution in [0.4, 0.5) is 4.39 Å². The van der Waals surface area contributed by atoms with E-state index in [4.69, 9.17) is 0 Å². The van der Waals surface area contributed by atoms with Crippen LogP contribution in [0, 0.1) is 23.7 Å². The highest BCUT2D eigenvalue weighted by Crippen LogP contribution is 2.43. The van der Waals surface area contributed by atoms with Crippen molar-refractivity contribution in [2.45, 2.75) is 90.6 Å². The first kappa shape index (κ1) is 22.6. The zero-order chi connectivity index (χ0) is 21.5. The van der Waals surface area contributed by atoms with E-state index in [1.165, 1.54) is 93.7 Å². The molecule has 2 aliphatic rings. The minimum Gasteiger partial charge on any atom is -0.246 e. The van der Waals surface area contributed by atoms with E-state index in [1.54, 1.807) is 0 Å². The maximum atomic E-state index is 12.7. The lowest BCUT2D eigenvalue weighted by atomic mass is 9.68. The van der Waals surface area contributed by atoms with Crippen LogP contribution in [0.2, 0.25) is 0 Å². The number of hydrogen-bond acceptors (Lipinski definition) is 0. The SMILES string of the molecule is CCC[C@H]1CC[C@H]([C@H]2CC[C@H](CCc3ccc(-c4ccc(CF)cc4)cc3)CC2)CC1. The maximum absolute atomic E-state index is 12.7. The summed E-state index contributed by atoms with van der Waals surface area (Å²) < 4.78 is 12.7. The molecule has 2 aromatic carbocycles. The van der Waals surface area contributed by atoms with Crippen molar-refractivity contribution >= 4 is 0 Å². The van der Waals surface area contributed by atoms with Gasteiger partial charge in [-0.15, -0.1) is 0 Å². The van der Waals surface area contributed by atoms with E-state index in [1.807, 2.05) is 24.3 Å². The Balaban J connectivity index is 1.19. The van der Waals surface area contributed by atoms with Gasteiger partial charge in [-0.3, -0.25) is 0 Å². The molecule has 2 aromatic rings. The van der Waals surface area contributed by atoms with Gasteiger partial charge in [0, 0.05) is 0 Å². The first-order valence-electron chi connectivity index (χ1n) is 13.0. The van der Waals surface area contributed by atoms with Crippen molar-refractivity contribution in [1.29, 1.82) is 0 Å². The van der Waals surface area contributed by atoms with Gasteiger partial charge in [-0.2, -0.15) is 0 Å². The van der Waals surface area contributed by atoms with E-state index in [-0.39, 0.29) is 6.67 Å². The molecule has 0 aliphatic heterocycles. The largest absolute Gasteiger partial charge is 0.246 e. The Morgan fingerprint density at radius 3 is 1.52 bits per heavy atom. The molecule has 1 heteroatoms. The maximum Gasteiger partial charge on any atom is 0.115 e. The van der Waals surface area contributed by atoms with E-state index in [0.29, 0.717) is 0 Å². The molecular weight excluding hydrogens is 379 g/mol. The third kappa shape index (κ3) is 6.21. The van der Waals surface area contributed by atoms with Gasteiger partial charge in [-0.1, -0.05) is 94.0 Å². The molecule has 31 heavy (non-hydrogen) atoms. The van der Waals surface area contributed by atoms with Gasteiger partial charge < -0.3 is 0 Å². The molecule has 0 spiro atoms. The number of hydrogen-bond donors (Lipinski definition) is 0. The Bertz CT molecular complexity index is 759. The monoisotopic (exact) mass is 420 g/mol. The lowest BCUT2D eigenvalue weighted by Gasteiger charge is -2.38. The van der Waals surface area contributed by atoms with Crippen molar-refractivity contribution in [3.05, 3.63) is 59.7 Å². The van der Waals surface area contributed by atoms with Crippen LogP contribution in [0.3, 0.4) is 0 Å². The molecule has 0 unspecified atom stereocenters. The summed E-state index contributed by atoms with van der Waals surface area (Å²) in [5.74, 6) is 4.04. The molecule has 4 rings (SSSR count). The molecule has 0 saturated heterocycles. The average Bonchev–Trinajstić information content (AvgIpc) is 2.84. The molecule has 168 valence electrons. The fraction of sp³-hybridized carbons (Fsp3) is 0.600. The third-order valence-corrected chi connectivity index (χ3v) is 8.38.